The third-order valence-electron chi connectivity index (χ3n) is 3.35. The second-order valence-corrected chi connectivity index (χ2v) is 5.69. The zero-order chi connectivity index (χ0) is 19.0. The minimum absolute atomic E-state index is 0.00343. The predicted octanol–water partition coefficient (Wildman–Crippen LogP) is 3.25. The average Bonchev–Trinajstić information content (AvgIpc) is 2.52. The average molecular weight is 381 g/mol. The Morgan fingerprint density at radius 2 is 2.00 bits per heavy atom. The van der Waals surface area contributed by atoms with Crippen molar-refractivity contribution in [1.29, 1.82) is 0 Å². The van der Waals surface area contributed by atoms with E-state index in [9.17, 15) is 22.8 Å². The number of hydrogen-bond acceptors (Lipinski definition) is 3. The molecule has 0 fully saturated rings. The minimum Gasteiger partial charge on any atom is -0.385 e. The van der Waals surface area contributed by atoms with Gasteiger partial charge in [-0.15, -0.1) is 0 Å². The number of halogens is 4. The van der Waals surface area contributed by atoms with Crippen LogP contribution >= 0.6 is 11.6 Å². The normalized spacial score (nSPS) is 11.3. The van der Waals surface area contributed by atoms with Crippen molar-refractivity contribution in [3.8, 4) is 0 Å². The molecule has 2 amide bonds. The monoisotopic (exact) mass is 380 g/mol. The number of rotatable bonds is 8. The van der Waals surface area contributed by atoms with Crippen LogP contribution in [0.15, 0.2) is 18.2 Å². The number of carbonyl (C=O) groups is 2. The fourth-order valence-electron chi connectivity index (χ4n) is 2.09. The van der Waals surface area contributed by atoms with Gasteiger partial charge in [0.15, 0.2) is 0 Å². The number of ether oxygens (including phenoxy) is 1. The van der Waals surface area contributed by atoms with Crippen molar-refractivity contribution in [1.82, 2.24) is 5.32 Å². The van der Waals surface area contributed by atoms with E-state index < -0.39 is 17.6 Å². The van der Waals surface area contributed by atoms with Crippen LogP contribution in [0.5, 0.6) is 0 Å². The van der Waals surface area contributed by atoms with Gasteiger partial charge in [-0.1, -0.05) is 11.6 Å². The maximum atomic E-state index is 12.9. The molecule has 0 unspecified atom stereocenters. The van der Waals surface area contributed by atoms with Gasteiger partial charge in [0.1, 0.15) is 0 Å². The van der Waals surface area contributed by atoms with Crippen LogP contribution in [0.2, 0.25) is 5.02 Å². The highest BCUT2D eigenvalue weighted by atomic mass is 35.5. The molecule has 0 bridgehead atoms. The Kier molecular flexibility index (Phi) is 8.18. The number of nitrogens with zero attached hydrogens (tertiary/aromatic N) is 1. The van der Waals surface area contributed by atoms with Crippen LogP contribution in [0.25, 0.3) is 0 Å². The number of amides is 2. The van der Waals surface area contributed by atoms with Crippen LogP contribution in [-0.4, -0.2) is 38.6 Å². The molecule has 0 radical (unpaired) electrons. The molecule has 0 aliphatic rings. The van der Waals surface area contributed by atoms with E-state index in [1.54, 1.807) is 7.11 Å². The number of methoxy groups -OCH3 is 1. The summed E-state index contributed by atoms with van der Waals surface area (Å²) in [6.07, 6.45) is -3.97. The second-order valence-electron chi connectivity index (χ2n) is 5.28. The second kappa shape index (κ2) is 9.62. The summed E-state index contributed by atoms with van der Waals surface area (Å²) in [6.45, 7) is 2.04. The summed E-state index contributed by atoms with van der Waals surface area (Å²) < 4.78 is 43.4. The van der Waals surface area contributed by atoms with E-state index in [0.717, 1.165) is 23.1 Å². The molecular weight excluding hydrogens is 361 g/mol. The van der Waals surface area contributed by atoms with Gasteiger partial charge in [0, 0.05) is 40.2 Å². The van der Waals surface area contributed by atoms with E-state index in [1.165, 1.54) is 6.92 Å². The number of nitrogens with one attached hydrogen (secondary N) is 1. The first-order valence-electron chi connectivity index (χ1n) is 7.57. The van der Waals surface area contributed by atoms with Crippen LogP contribution in [0.3, 0.4) is 0 Å². The topological polar surface area (TPSA) is 58.6 Å². The molecule has 1 N–H and O–H groups in total. The van der Waals surface area contributed by atoms with Gasteiger partial charge in [-0.05, 0) is 24.6 Å². The lowest BCUT2D eigenvalue weighted by Gasteiger charge is -2.23. The summed E-state index contributed by atoms with van der Waals surface area (Å²) in [4.78, 5) is 24.6. The molecule has 5 nitrogen and oxygen atoms in total. The fourth-order valence-corrected chi connectivity index (χ4v) is 2.31. The van der Waals surface area contributed by atoms with E-state index in [0.29, 0.717) is 19.6 Å². The van der Waals surface area contributed by atoms with Crippen molar-refractivity contribution >= 4 is 29.1 Å². The lowest BCUT2D eigenvalue weighted by Crippen LogP contribution is -2.34. The highest BCUT2D eigenvalue weighted by Gasteiger charge is 2.32. The standard InChI is InChI=1S/C16H20ClF3N2O3/c1-11(23)22(8-6-15(24)21-7-3-9-25-2)14-10-12(16(18,19)20)4-5-13(14)17/h4-5,10H,3,6-9H2,1-2H3,(H,21,24). The zero-order valence-corrected chi connectivity index (χ0v) is 14.7. The molecule has 25 heavy (non-hydrogen) atoms. The summed E-state index contributed by atoms with van der Waals surface area (Å²) >= 11 is 5.94. The van der Waals surface area contributed by atoms with Crippen molar-refractivity contribution in [2.75, 3.05) is 31.7 Å². The Morgan fingerprint density at radius 1 is 1.32 bits per heavy atom. The Hall–Kier alpha value is -1.80. The van der Waals surface area contributed by atoms with Gasteiger partial charge >= 0.3 is 6.18 Å². The van der Waals surface area contributed by atoms with E-state index in [4.69, 9.17) is 16.3 Å². The third kappa shape index (κ3) is 6.91. The predicted molar refractivity (Wildman–Crippen MR) is 88.6 cm³/mol. The molecule has 0 spiro atoms. The largest absolute Gasteiger partial charge is 0.416 e. The third-order valence-corrected chi connectivity index (χ3v) is 3.67. The Balaban J connectivity index is 2.81. The minimum atomic E-state index is -4.56. The summed E-state index contributed by atoms with van der Waals surface area (Å²) in [5.41, 5.74) is -0.988. The van der Waals surface area contributed by atoms with Crippen LogP contribution in [-0.2, 0) is 20.5 Å². The van der Waals surface area contributed by atoms with Crippen LogP contribution in [0.4, 0.5) is 18.9 Å². The van der Waals surface area contributed by atoms with E-state index in [1.807, 2.05) is 0 Å². The molecule has 140 valence electrons. The lowest BCUT2D eigenvalue weighted by molar-refractivity contribution is -0.137. The highest BCUT2D eigenvalue weighted by molar-refractivity contribution is 6.33. The summed E-state index contributed by atoms with van der Waals surface area (Å²) in [7, 11) is 1.55. The SMILES string of the molecule is COCCCNC(=O)CCN(C(C)=O)c1cc(C(F)(F)F)ccc1Cl. The molecule has 0 aliphatic carbocycles. The van der Waals surface area contributed by atoms with Crippen LogP contribution in [0.1, 0.15) is 25.3 Å². The molecule has 0 saturated heterocycles. The van der Waals surface area contributed by atoms with Gasteiger partial charge in [-0.3, -0.25) is 9.59 Å². The number of carbonyl (C=O) groups excluding carboxylic acids is 2. The van der Waals surface area contributed by atoms with Crippen LogP contribution < -0.4 is 10.2 Å². The molecule has 1 aromatic carbocycles. The quantitative estimate of drug-likeness (QED) is 0.704. The van der Waals surface area contributed by atoms with Crippen molar-refractivity contribution < 1.29 is 27.5 Å². The Labute approximate surface area is 149 Å². The molecular formula is C16H20ClF3N2O3. The first kappa shape index (κ1) is 21.2. The van der Waals surface area contributed by atoms with Gasteiger partial charge in [0.2, 0.25) is 11.8 Å². The summed E-state index contributed by atoms with van der Waals surface area (Å²) in [5.74, 6) is -0.821. The first-order valence-corrected chi connectivity index (χ1v) is 7.95. The van der Waals surface area contributed by atoms with Gasteiger partial charge in [0.05, 0.1) is 16.3 Å². The molecule has 0 atom stereocenters. The summed E-state index contributed by atoms with van der Waals surface area (Å²) in [5, 5.41) is 2.65. The highest BCUT2D eigenvalue weighted by Crippen LogP contribution is 2.35. The molecule has 9 heteroatoms. The lowest BCUT2D eigenvalue weighted by atomic mass is 10.1. The zero-order valence-electron chi connectivity index (χ0n) is 14.0. The van der Waals surface area contributed by atoms with E-state index >= 15 is 0 Å². The van der Waals surface area contributed by atoms with Gasteiger partial charge in [-0.25, -0.2) is 0 Å². The molecule has 1 aromatic rings. The maximum Gasteiger partial charge on any atom is 0.416 e. The first-order chi connectivity index (χ1) is 11.7. The van der Waals surface area contributed by atoms with Crippen molar-refractivity contribution in [2.45, 2.75) is 25.9 Å². The van der Waals surface area contributed by atoms with Crippen LogP contribution in [0, 0.1) is 0 Å². The van der Waals surface area contributed by atoms with E-state index in [2.05, 4.69) is 5.32 Å². The van der Waals surface area contributed by atoms with Gasteiger partial charge < -0.3 is 15.0 Å². The smallest absolute Gasteiger partial charge is 0.385 e. The van der Waals surface area contributed by atoms with E-state index in [-0.39, 0.29) is 29.6 Å². The summed E-state index contributed by atoms with van der Waals surface area (Å²) in [6, 6.07) is 2.73. The number of alkyl halides is 3. The number of hydrogen-bond donors (Lipinski definition) is 1. The molecule has 0 aliphatic heterocycles. The van der Waals surface area contributed by atoms with Crippen molar-refractivity contribution in [3.05, 3.63) is 28.8 Å². The molecule has 0 saturated carbocycles. The molecule has 1 rings (SSSR count). The van der Waals surface area contributed by atoms with Gasteiger partial charge in [0.25, 0.3) is 0 Å². The fraction of sp³-hybridized carbons (Fsp3) is 0.500. The Morgan fingerprint density at radius 3 is 2.56 bits per heavy atom. The van der Waals surface area contributed by atoms with Gasteiger partial charge in [-0.2, -0.15) is 13.2 Å². The Bertz CT molecular complexity index is 609. The number of anilines is 1. The molecule has 0 aromatic heterocycles. The maximum absolute atomic E-state index is 12.9. The van der Waals surface area contributed by atoms with Crippen molar-refractivity contribution in [2.24, 2.45) is 0 Å². The molecule has 0 heterocycles. The van der Waals surface area contributed by atoms with Crippen molar-refractivity contribution in [3.63, 3.8) is 0 Å². The number of benzene rings is 1.